The Morgan fingerprint density at radius 3 is 1.41 bits per heavy atom. The lowest BCUT2D eigenvalue weighted by Crippen LogP contribution is -2.27. The number of para-hydroxylation sites is 2. The first kappa shape index (κ1) is 23.6. The zero-order chi connectivity index (χ0) is 23.5. The van der Waals surface area contributed by atoms with Gasteiger partial charge in [-0.05, 0) is 37.1 Å². The first-order valence-electron chi connectivity index (χ1n) is 9.83. The highest BCUT2D eigenvalue weighted by molar-refractivity contribution is 5.85. The van der Waals surface area contributed by atoms with Crippen LogP contribution in [0, 0.1) is 0 Å². The highest BCUT2D eigenvalue weighted by atomic mass is 19.4. The van der Waals surface area contributed by atoms with Gasteiger partial charge in [-0.2, -0.15) is 26.3 Å². The van der Waals surface area contributed by atoms with Gasteiger partial charge in [-0.15, -0.1) is 0 Å². The van der Waals surface area contributed by atoms with Gasteiger partial charge in [0, 0.05) is 23.6 Å². The summed E-state index contributed by atoms with van der Waals surface area (Å²) in [5.41, 5.74) is -2.52. The molecule has 10 heteroatoms. The zero-order valence-electron chi connectivity index (χ0n) is 16.7. The molecule has 2 aromatic rings. The third kappa shape index (κ3) is 5.41. The molecule has 0 spiro atoms. The summed E-state index contributed by atoms with van der Waals surface area (Å²) in [4.78, 5) is 8.60. The van der Waals surface area contributed by atoms with Crippen LogP contribution in [0.3, 0.4) is 0 Å². The summed E-state index contributed by atoms with van der Waals surface area (Å²) in [5, 5.41) is 19.9. The van der Waals surface area contributed by atoms with Crippen molar-refractivity contribution >= 4 is 12.4 Å². The third-order valence-electron chi connectivity index (χ3n) is 5.25. The standard InChI is InChI=1S/C22H20F6N2O2/c23-21(24,25)15-7-3-5-13(19(15)31)11-29-17-9-1-2-10-18(17)30-12-14-6-4-8-16(20(14)32)22(26,27)28/h3-8,11-12,17-18,31-32H,1-2,9-10H2/b29-11-,30-12-. The second-order valence-electron chi connectivity index (χ2n) is 7.46. The van der Waals surface area contributed by atoms with Gasteiger partial charge < -0.3 is 10.2 Å². The normalized spacial score (nSPS) is 20.3. The Morgan fingerprint density at radius 2 is 1.06 bits per heavy atom. The molecule has 2 atom stereocenters. The largest absolute Gasteiger partial charge is 0.507 e. The highest BCUT2D eigenvalue weighted by Gasteiger charge is 2.35. The smallest absolute Gasteiger partial charge is 0.419 e. The van der Waals surface area contributed by atoms with Crippen LogP contribution >= 0.6 is 0 Å². The number of phenols is 2. The van der Waals surface area contributed by atoms with Crippen molar-refractivity contribution < 1.29 is 36.6 Å². The van der Waals surface area contributed by atoms with Crippen LogP contribution in [0.5, 0.6) is 11.5 Å². The average molecular weight is 458 g/mol. The zero-order valence-corrected chi connectivity index (χ0v) is 16.7. The summed E-state index contributed by atoms with van der Waals surface area (Å²) in [6, 6.07) is 5.60. The number of hydrogen-bond donors (Lipinski definition) is 2. The van der Waals surface area contributed by atoms with E-state index in [1.807, 2.05) is 0 Å². The highest BCUT2D eigenvalue weighted by Crippen LogP contribution is 2.38. The summed E-state index contributed by atoms with van der Waals surface area (Å²) in [6.07, 6.45) is -4.35. The maximum Gasteiger partial charge on any atom is 0.419 e. The molecule has 0 saturated heterocycles. The summed E-state index contributed by atoms with van der Waals surface area (Å²) < 4.78 is 77.8. The van der Waals surface area contributed by atoms with Gasteiger partial charge >= 0.3 is 12.4 Å². The molecule has 1 aliphatic carbocycles. The first-order valence-corrected chi connectivity index (χ1v) is 9.83. The molecule has 4 nitrogen and oxygen atoms in total. The van der Waals surface area contributed by atoms with E-state index in [0.717, 1.165) is 49.5 Å². The number of nitrogens with zero attached hydrogens (tertiary/aromatic N) is 2. The molecular formula is C22H20F6N2O2. The molecular weight excluding hydrogens is 438 g/mol. The van der Waals surface area contributed by atoms with Crippen LogP contribution in [0.15, 0.2) is 46.4 Å². The van der Waals surface area contributed by atoms with Crippen LogP contribution < -0.4 is 0 Å². The molecule has 0 bridgehead atoms. The van der Waals surface area contributed by atoms with Gasteiger partial charge in [-0.3, -0.25) is 9.98 Å². The van der Waals surface area contributed by atoms with Crippen LogP contribution in [0.4, 0.5) is 26.3 Å². The number of aromatic hydroxyl groups is 2. The Morgan fingerprint density at radius 1 is 0.688 bits per heavy atom. The Hall–Kier alpha value is -3.04. The topological polar surface area (TPSA) is 65.2 Å². The van der Waals surface area contributed by atoms with Crippen molar-refractivity contribution in [2.75, 3.05) is 0 Å². The number of halogens is 6. The number of hydrogen-bond acceptors (Lipinski definition) is 4. The van der Waals surface area contributed by atoms with Gasteiger partial charge in [0.15, 0.2) is 0 Å². The van der Waals surface area contributed by atoms with E-state index in [9.17, 15) is 36.6 Å². The number of benzene rings is 2. The lowest BCUT2D eigenvalue weighted by Gasteiger charge is -2.25. The van der Waals surface area contributed by atoms with Crippen LogP contribution in [0.25, 0.3) is 0 Å². The van der Waals surface area contributed by atoms with Crippen molar-refractivity contribution in [3.8, 4) is 11.5 Å². The van der Waals surface area contributed by atoms with Crippen molar-refractivity contribution in [1.82, 2.24) is 0 Å². The number of aliphatic imine (C=N–C) groups is 2. The molecule has 172 valence electrons. The fourth-order valence-corrected chi connectivity index (χ4v) is 3.58. The van der Waals surface area contributed by atoms with Gasteiger partial charge in [0.25, 0.3) is 0 Å². The molecule has 1 saturated carbocycles. The molecule has 32 heavy (non-hydrogen) atoms. The predicted octanol–water partition coefficient (Wildman–Crippen LogP) is 5.98. The van der Waals surface area contributed by atoms with Crippen molar-refractivity contribution in [3.05, 3.63) is 58.7 Å². The summed E-state index contributed by atoms with van der Waals surface area (Å²) in [5.74, 6) is -1.85. The van der Waals surface area contributed by atoms with Gasteiger partial charge in [-0.25, -0.2) is 0 Å². The molecule has 1 fully saturated rings. The Balaban J connectivity index is 1.82. The van der Waals surface area contributed by atoms with Crippen molar-refractivity contribution in [2.45, 2.75) is 50.1 Å². The summed E-state index contributed by atoms with van der Waals surface area (Å²) in [7, 11) is 0. The molecule has 0 heterocycles. The van der Waals surface area contributed by atoms with E-state index in [2.05, 4.69) is 9.98 Å². The second-order valence-corrected chi connectivity index (χ2v) is 7.46. The SMILES string of the molecule is Oc1c(/C=N\C2CCCCC2/N=C\c2cccc(C(F)(F)F)c2O)cccc1C(F)(F)F. The van der Waals surface area contributed by atoms with Crippen LogP contribution in [0.1, 0.15) is 47.9 Å². The second kappa shape index (κ2) is 9.22. The Kier molecular flexibility index (Phi) is 6.80. The van der Waals surface area contributed by atoms with Crippen LogP contribution in [-0.2, 0) is 12.4 Å². The molecule has 2 unspecified atom stereocenters. The monoisotopic (exact) mass is 458 g/mol. The minimum atomic E-state index is -4.71. The van der Waals surface area contributed by atoms with E-state index in [0.29, 0.717) is 12.8 Å². The van der Waals surface area contributed by atoms with Gasteiger partial charge in [0.2, 0.25) is 0 Å². The van der Waals surface area contributed by atoms with E-state index in [-0.39, 0.29) is 11.1 Å². The van der Waals surface area contributed by atoms with E-state index in [4.69, 9.17) is 0 Å². The van der Waals surface area contributed by atoms with E-state index in [1.54, 1.807) is 0 Å². The molecule has 2 N–H and O–H groups in total. The van der Waals surface area contributed by atoms with Crippen molar-refractivity contribution in [3.63, 3.8) is 0 Å². The Labute approximate surface area is 180 Å². The molecule has 0 aromatic heterocycles. The predicted molar refractivity (Wildman–Crippen MR) is 107 cm³/mol. The summed E-state index contributed by atoms with van der Waals surface area (Å²) >= 11 is 0. The molecule has 2 aromatic carbocycles. The van der Waals surface area contributed by atoms with E-state index in [1.165, 1.54) is 12.1 Å². The quantitative estimate of drug-likeness (QED) is 0.437. The maximum atomic E-state index is 13.0. The molecule has 0 aliphatic heterocycles. The lowest BCUT2D eigenvalue weighted by atomic mass is 9.91. The summed E-state index contributed by atoms with van der Waals surface area (Å²) in [6.45, 7) is 0. The number of alkyl halides is 6. The van der Waals surface area contributed by atoms with Gasteiger partial charge in [-0.1, -0.05) is 25.0 Å². The fraction of sp³-hybridized carbons (Fsp3) is 0.364. The minimum Gasteiger partial charge on any atom is -0.507 e. The van der Waals surface area contributed by atoms with Crippen molar-refractivity contribution in [2.24, 2.45) is 9.98 Å². The first-order chi connectivity index (χ1) is 15.0. The molecule has 0 radical (unpaired) electrons. The molecule has 0 amide bonds. The molecule has 3 rings (SSSR count). The minimum absolute atomic E-state index is 0.0938. The van der Waals surface area contributed by atoms with E-state index < -0.39 is 47.1 Å². The number of phenolic OH excluding ortho intramolecular Hbond substituents is 2. The lowest BCUT2D eigenvalue weighted by molar-refractivity contribution is -0.139. The van der Waals surface area contributed by atoms with Gasteiger partial charge in [0.1, 0.15) is 11.5 Å². The van der Waals surface area contributed by atoms with Crippen LogP contribution in [0.2, 0.25) is 0 Å². The van der Waals surface area contributed by atoms with Crippen LogP contribution in [-0.4, -0.2) is 34.7 Å². The maximum absolute atomic E-state index is 13.0. The van der Waals surface area contributed by atoms with Gasteiger partial charge in [0.05, 0.1) is 23.2 Å². The number of rotatable bonds is 4. The fourth-order valence-electron chi connectivity index (χ4n) is 3.58. The van der Waals surface area contributed by atoms with E-state index >= 15 is 0 Å². The Bertz CT molecular complexity index is 933. The molecule has 1 aliphatic rings. The van der Waals surface area contributed by atoms with Crippen molar-refractivity contribution in [1.29, 1.82) is 0 Å². The average Bonchev–Trinajstić information content (AvgIpc) is 2.71. The third-order valence-corrected chi connectivity index (χ3v) is 5.25.